The van der Waals surface area contributed by atoms with Crippen molar-refractivity contribution in [1.29, 1.82) is 0 Å². The second kappa shape index (κ2) is 10.9. The van der Waals surface area contributed by atoms with Crippen molar-refractivity contribution in [3.8, 4) is 17.2 Å². The number of nitrogens with one attached hydrogen (secondary N) is 1. The van der Waals surface area contributed by atoms with Gasteiger partial charge in [-0.25, -0.2) is 0 Å². The van der Waals surface area contributed by atoms with Gasteiger partial charge < -0.3 is 24.9 Å². The fourth-order valence-electron chi connectivity index (χ4n) is 3.97. The summed E-state index contributed by atoms with van der Waals surface area (Å²) in [5.41, 5.74) is 2.64. The molecule has 0 aliphatic carbocycles. The summed E-state index contributed by atoms with van der Waals surface area (Å²) in [7, 11) is 2.04. The van der Waals surface area contributed by atoms with E-state index in [-0.39, 0.29) is 22.5 Å². The zero-order valence-corrected chi connectivity index (χ0v) is 22.2. The lowest BCUT2D eigenvalue weighted by atomic mass is 9.78. The van der Waals surface area contributed by atoms with E-state index in [1.54, 1.807) is 0 Å². The molecule has 0 aromatic heterocycles. The number of benzene rings is 2. The third-order valence-electron chi connectivity index (χ3n) is 6.13. The fourth-order valence-corrected chi connectivity index (χ4v) is 3.97. The lowest BCUT2D eigenvalue weighted by molar-refractivity contribution is -0.194. The molecule has 1 amide bonds. The minimum absolute atomic E-state index is 0.116. The number of amides is 1. The van der Waals surface area contributed by atoms with Gasteiger partial charge in [-0.1, -0.05) is 41.5 Å². The van der Waals surface area contributed by atoms with E-state index in [2.05, 4.69) is 10.2 Å². The van der Waals surface area contributed by atoms with Gasteiger partial charge in [0, 0.05) is 41.4 Å². The molecule has 192 valence electrons. The maximum Gasteiger partial charge on any atom is 0.251 e. The molecule has 2 aromatic carbocycles. The molecule has 0 bridgehead atoms. The van der Waals surface area contributed by atoms with Crippen LogP contribution in [0, 0.1) is 0 Å². The summed E-state index contributed by atoms with van der Waals surface area (Å²) in [6, 6.07) is 9.36. The summed E-state index contributed by atoms with van der Waals surface area (Å²) >= 11 is 0. The number of rotatable bonds is 9. The van der Waals surface area contributed by atoms with Crippen LogP contribution in [0.5, 0.6) is 17.2 Å². The van der Waals surface area contributed by atoms with Crippen LogP contribution in [0.3, 0.4) is 0 Å². The summed E-state index contributed by atoms with van der Waals surface area (Å²) in [5, 5.41) is 13.9. The minimum atomic E-state index is -0.272. The summed E-state index contributed by atoms with van der Waals surface area (Å²) in [6.45, 7) is 15.5. The molecule has 7 heteroatoms. The van der Waals surface area contributed by atoms with Gasteiger partial charge in [-0.05, 0) is 55.1 Å². The van der Waals surface area contributed by atoms with Crippen molar-refractivity contribution in [2.75, 3.05) is 33.3 Å². The van der Waals surface area contributed by atoms with Crippen molar-refractivity contribution in [3.05, 3.63) is 52.6 Å². The predicted molar refractivity (Wildman–Crippen MR) is 137 cm³/mol. The smallest absolute Gasteiger partial charge is 0.251 e. The van der Waals surface area contributed by atoms with Gasteiger partial charge in [0.1, 0.15) is 24.7 Å². The SMILES string of the molecule is CN(CCCNC(=O)c1cc(C(C)(C)C)c(O)c(C(C)(C)C)c1)CCOc1ccc2c(c1)OOC2. The molecule has 2 aromatic rings. The number of hydrogen-bond acceptors (Lipinski definition) is 6. The van der Waals surface area contributed by atoms with Gasteiger partial charge in [0.15, 0.2) is 5.75 Å². The van der Waals surface area contributed by atoms with Crippen molar-refractivity contribution in [3.63, 3.8) is 0 Å². The number of aromatic hydroxyl groups is 1. The number of carbonyl (C=O) groups excluding carboxylic acids is 1. The van der Waals surface area contributed by atoms with Crippen LogP contribution in [-0.4, -0.2) is 49.2 Å². The first-order valence-corrected chi connectivity index (χ1v) is 12.3. The Morgan fingerprint density at radius 1 is 1.06 bits per heavy atom. The molecule has 1 aliphatic heterocycles. The Hall–Kier alpha value is -2.77. The van der Waals surface area contributed by atoms with Crippen molar-refractivity contribution < 1.29 is 24.4 Å². The van der Waals surface area contributed by atoms with Gasteiger partial charge in [0.25, 0.3) is 5.91 Å². The van der Waals surface area contributed by atoms with E-state index >= 15 is 0 Å². The van der Waals surface area contributed by atoms with Gasteiger partial charge in [-0.3, -0.25) is 4.79 Å². The molecular weight excluding hydrogens is 444 g/mol. The maximum atomic E-state index is 12.9. The minimum Gasteiger partial charge on any atom is -0.507 e. The van der Waals surface area contributed by atoms with Gasteiger partial charge in [-0.15, -0.1) is 0 Å². The molecule has 0 saturated heterocycles. The average molecular weight is 485 g/mol. The highest BCUT2D eigenvalue weighted by Crippen LogP contribution is 2.39. The molecule has 1 heterocycles. The number of carbonyl (C=O) groups is 1. The number of nitrogens with zero attached hydrogens (tertiary/aromatic N) is 1. The van der Waals surface area contributed by atoms with Gasteiger partial charge >= 0.3 is 0 Å². The standard InChI is InChI=1S/C28H40N2O5/c1-27(2,3)22-15-20(16-23(25(22)31)28(4,5)6)26(32)29-11-8-12-30(7)13-14-33-21-10-9-19-18-34-35-24(19)17-21/h9-10,15-17,31H,8,11-14,18H2,1-7H3,(H,29,32). The highest BCUT2D eigenvalue weighted by molar-refractivity contribution is 5.95. The van der Waals surface area contributed by atoms with Crippen molar-refractivity contribution in [2.24, 2.45) is 0 Å². The lowest BCUT2D eigenvalue weighted by Gasteiger charge is -2.28. The quantitative estimate of drug-likeness (QED) is 0.388. The van der Waals surface area contributed by atoms with Crippen LogP contribution in [-0.2, 0) is 22.3 Å². The van der Waals surface area contributed by atoms with E-state index in [9.17, 15) is 9.90 Å². The Morgan fingerprint density at radius 3 is 2.34 bits per heavy atom. The van der Waals surface area contributed by atoms with Crippen LogP contribution < -0.4 is 14.9 Å². The van der Waals surface area contributed by atoms with E-state index in [1.807, 2.05) is 78.9 Å². The highest BCUT2D eigenvalue weighted by atomic mass is 17.2. The lowest BCUT2D eigenvalue weighted by Crippen LogP contribution is -2.30. The first-order chi connectivity index (χ1) is 16.4. The highest BCUT2D eigenvalue weighted by Gasteiger charge is 2.27. The normalized spacial score (nSPS) is 13.5. The van der Waals surface area contributed by atoms with Crippen LogP contribution in [0.1, 0.15) is 75.0 Å². The number of hydrogen-bond donors (Lipinski definition) is 2. The van der Waals surface area contributed by atoms with Crippen LogP contribution in [0.4, 0.5) is 0 Å². The summed E-state index contributed by atoms with van der Waals surface area (Å²) in [4.78, 5) is 25.2. The first kappa shape index (κ1) is 26.8. The Morgan fingerprint density at radius 2 is 1.71 bits per heavy atom. The van der Waals surface area contributed by atoms with Crippen LogP contribution in [0.15, 0.2) is 30.3 Å². The van der Waals surface area contributed by atoms with Crippen molar-refractivity contribution >= 4 is 5.91 Å². The molecule has 1 aliphatic rings. The number of likely N-dealkylation sites (N-methyl/N-ethyl adjacent to an activating group) is 1. The van der Waals surface area contributed by atoms with Gasteiger partial charge in [0.2, 0.25) is 0 Å². The predicted octanol–water partition coefficient (Wildman–Crippen LogP) is 4.94. The van der Waals surface area contributed by atoms with Gasteiger partial charge in [-0.2, -0.15) is 4.89 Å². The maximum absolute atomic E-state index is 12.9. The van der Waals surface area contributed by atoms with E-state index in [4.69, 9.17) is 14.5 Å². The van der Waals surface area contributed by atoms with Crippen LogP contribution >= 0.6 is 0 Å². The van der Waals surface area contributed by atoms with E-state index < -0.39 is 0 Å². The molecule has 0 unspecified atom stereocenters. The summed E-state index contributed by atoms with van der Waals surface area (Å²) < 4.78 is 5.82. The summed E-state index contributed by atoms with van der Waals surface area (Å²) in [6.07, 6.45) is 0.822. The molecule has 7 nitrogen and oxygen atoms in total. The van der Waals surface area contributed by atoms with E-state index in [1.165, 1.54) is 0 Å². The van der Waals surface area contributed by atoms with Crippen molar-refractivity contribution in [1.82, 2.24) is 10.2 Å². The Labute approximate surface area is 209 Å². The average Bonchev–Trinajstić information content (AvgIpc) is 3.23. The third-order valence-corrected chi connectivity index (χ3v) is 6.13. The second-order valence-electron chi connectivity index (χ2n) is 11.3. The number of phenols is 1. The number of phenolic OH excluding ortho intramolecular Hbond substituents is 1. The van der Waals surface area contributed by atoms with Gasteiger partial charge in [0.05, 0.1) is 0 Å². The zero-order chi connectivity index (χ0) is 25.8. The second-order valence-corrected chi connectivity index (χ2v) is 11.3. The third kappa shape index (κ3) is 7.12. The number of fused-ring (bicyclic) bond motifs is 1. The molecule has 3 rings (SSSR count). The topological polar surface area (TPSA) is 80.3 Å². The number of ether oxygens (including phenoxy) is 1. The van der Waals surface area contributed by atoms with E-state index in [0.29, 0.717) is 31.1 Å². The molecular formula is C28H40N2O5. The molecule has 0 atom stereocenters. The Bertz CT molecular complexity index is 1000. The summed E-state index contributed by atoms with van der Waals surface area (Å²) in [5.74, 6) is 1.64. The van der Waals surface area contributed by atoms with Crippen LogP contribution in [0.2, 0.25) is 0 Å². The zero-order valence-electron chi connectivity index (χ0n) is 22.2. The molecule has 0 saturated carbocycles. The molecule has 0 radical (unpaired) electrons. The Kier molecular flexibility index (Phi) is 8.34. The monoisotopic (exact) mass is 484 g/mol. The molecule has 0 spiro atoms. The van der Waals surface area contributed by atoms with Crippen LogP contribution in [0.25, 0.3) is 0 Å². The fraction of sp³-hybridized carbons (Fsp3) is 0.536. The first-order valence-electron chi connectivity index (χ1n) is 12.3. The molecule has 0 fully saturated rings. The molecule has 35 heavy (non-hydrogen) atoms. The largest absolute Gasteiger partial charge is 0.507 e. The van der Waals surface area contributed by atoms with Crippen molar-refractivity contribution in [2.45, 2.75) is 65.4 Å². The Balaban J connectivity index is 1.46. The molecule has 2 N–H and O–H groups in total. The van der Waals surface area contributed by atoms with E-state index in [0.717, 1.165) is 42.0 Å².